The number of hydrogen-bond acceptors (Lipinski definition) is 6. The lowest BCUT2D eigenvalue weighted by Gasteiger charge is -2.21. The van der Waals surface area contributed by atoms with Crippen LogP contribution >= 0.6 is 23.1 Å². The molecule has 1 aliphatic carbocycles. The minimum atomic E-state index is -0.692. The van der Waals surface area contributed by atoms with Gasteiger partial charge in [0.05, 0.1) is 11.8 Å². The van der Waals surface area contributed by atoms with Crippen molar-refractivity contribution in [1.82, 2.24) is 20.1 Å². The normalized spacial score (nSPS) is 14.9. The molecule has 0 radical (unpaired) electrons. The summed E-state index contributed by atoms with van der Waals surface area (Å²) >= 11 is 3.09. The highest BCUT2D eigenvalue weighted by molar-refractivity contribution is 7.99. The average Bonchev–Trinajstić information content (AvgIpc) is 3.54. The predicted molar refractivity (Wildman–Crippen MR) is 123 cm³/mol. The highest BCUT2D eigenvalue weighted by atomic mass is 32.2. The van der Waals surface area contributed by atoms with Crippen LogP contribution in [-0.2, 0) is 24.2 Å². The maximum atomic E-state index is 12.6. The van der Waals surface area contributed by atoms with Crippen molar-refractivity contribution in [2.75, 3.05) is 5.75 Å². The molecule has 0 aliphatic heterocycles. The Labute approximate surface area is 190 Å². The summed E-state index contributed by atoms with van der Waals surface area (Å²) < 4.78 is 2.13. The van der Waals surface area contributed by atoms with Crippen LogP contribution in [0, 0.1) is 11.3 Å². The minimum Gasteiger partial charge on any atom is -0.337 e. The molecule has 4 rings (SSSR count). The third-order valence-corrected chi connectivity index (χ3v) is 7.40. The van der Waals surface area contributed by atoms with Crippen LogP contribution in [0.15, 0.2) is 53.0 Å². The smallest absolute Gasteiger partial charge is 0.231 e. The summed E-state index contributed by atoms with van der Waals surface area (Å²) in [5.74, 6) is 1.02. The van der Waals surface area contributed by atoms with Crippen LogP contribution in [0.25, 0.3) is 0 Å². The van der Waals surface area contributed by atoms with Gasteiger partial charge in [-0.25, -0.2) is 0 Å². The van der Waals surface area contributed by atoms with Crippen LogP contribution in [0.4, 0.5) is 0 Å². The molecule has 1 amide bonds. The number of aryl methyl sites for hydroxylation is 1. The predicted octanol–water partition coefficient (Wildman–Crippen LogP) is 4.22. The van der Waals surface area contributed by atoms with E-state index in [1.165, 1.54) is 22.2 Å². The highest BCUT2D eigenvalue weighted by Crippen LogP contribution is 2.29. The fraction of sp³-hybridized carbons (Fsp3) is 0.391. The van der Waals surface area contributed by atoms with Crippen LogP contribution < -0.4 is 5.32 Å². The highest BCUT2D eigenvalue weighted by Gasteiger charge is 2.35. The van der Waals surface area contributed by atoms with E-state index in [-0.39, 0.29) is 11.7 Å². The Morgan fingerprint density at radius 1 is 1.19 bits per heavy atom. The summed E-state index contributed by atoms with van der Waals surface area (Å²) in [5, 5.41) is 24.1. The molecule has 1 saturated carbocycles. The van der Waals surface area contributed by atoms with Gasteiger partial charge in [-0.05, 0) is 49.1 Å². The summed E-state index contributed by atoms with van der Waals surface area (Å²) in [4.78, 5) is 13.8. The number of hydrogen-bond donors (Lipinski definition) is 1. The van der Waals surface area contributed by atoms with Crippen LogP contribution in [-0.4, -0.2) is 32.0 Å². The number of benzene rings is 1. The van der Waals surface area contributed by atoms with E-state index in [9.17, 15) is 10.1 Å². The zero-order chi connectivity index (χ0) is 21.5. The monoisotopic (exact) mass is 451 g/mol. The molecule has 0 bridgehead atoms. The third-order valence-electron chi connectivity index (χ3n) is 5.55. The summed E-state index contributed by atoms with van der Waals surface area (Å²) in [7, 11) is 0. The number of carbonyl (C=O) groups is 1. The SMILES string of the molecule is N#CC1(NC(=O)CSc2nnc(Cc3cccs3)n2CCc2ccccc2)CCCC1. The summed E-state index contributed by atoms with van der Waals surface area (Å²) in [5.41, 5.74) is 0.562. The van der Waals surface area contributed by atoms with Gasteiger partial charge >= 0.3 is 0 Å². The first-order valence-electron chi connectivity index (χ1n) is 10.5. The number of thiophene rings is 1. The Bertz CT molecular complexity index is 1030. The number of amides is 1. The first-order valence-corrected chi connectivity index (χ1v) is 12.4. The van der Waals surface area contributed by atoms with Crippen molar-refractivity contribution in [3.05, 3.63) is 64.1 Å². The Morgan fingerprint density at radius 2 is 2.00 bits per heavy atom. The van der Waals surface area contributed by atoms with Gasteiger partial charge in [-0.2, -0.15) is 5.26 Å². The van der Waals surface area contributed by atoms with Gasteiger partial charge in [0.15, 0.2) is 5.16 Å². The Balaban J connectivity index is 1.45. The topological polar surface area (TPSA) is 83.6 Å². The second kappa shape index (κ2) is 10.1. The van der Waals surface area contributed by atoms with Crippen LogP contribution in [0.1, 0.15) is 41.9 Å². The second-order valence-electron chi connectivity index (χ2n) is 7.78. The zero-order valence-corrected chi connectivity index (χ0v) is 18.9. The van der Waals surface area contributed by atoms with E-state index >= 15 is 0 Å². The van der Waals surface area contributed by atoms with Crippen molar-refractivity contribution in [3.8, 4) is 6.07 Å². The lowest BCUT2D eigenvalue weighted by molar-refractivity contribution is -0.119. The summed E-state index contributed by atoms with van der Waals surface area (Å²) in [6.07, 6.45) is 5.04. The van der Waals surface area contributed by atoms with Gasteiger partial charge in [0.1, 0.15) is 11.4 Å². The standard InChI is InChI=1S/C23H25N5OS2/c24-17-23(11-4-5-12-23)25-21(29)16-31-22-27-26-20(15-19-9-6-14-30-19)28(22)13-10-18-7-2-1-3-8-18/h1-3,6-9,14H,4-5,10-13,15-16H2,(H,25,29). The lowest BCUT2D eigenvalue weighted by Crippen LogP contribution is -2.45. The van der Waals surface area contributed by atoms with Crippen molar-refractivity contribution in [2.24, 2.45) is 0 Å². The number of nitriles is 1. The maximum Gasteiger partial charge on any atom is 0.231 e. The molecule has 0 saturated heterocycles. The number of rotatable bonds is 9. The van der Waals surface area contributed by atoms with Crippen LogP contribution in [0.2, 0.25) is 0 Å². The molecule has 0 spiro atoms. The Morgan fingerprint density at radius 3 is 2.71 bits per heavy atom. The van der Waals surface area contributed by atoms with Gasteiger partial charge in [0.2, 0.25) is 5.91 Å². The number of nitrogens with zero attached hydrogens (tertiary/aromatic N) is 4. The molecule has 3 aromatic rings. The van der Waals surface area contributed by atoms with Gasteiger partial charge in [0.25, 0.3) is 0 Å². The van der Waals surface area contributed by atoms with Crippen LogP contribution in [0.5, 0.6) is 0 Å². The van der Waals surface area contributed by atoms with Gasteiger partial charge in [-0.3, -0.25) is 4.79 Å². The quantitative estimate of drug-likeness (QED) is 0.493. The van der Waals surface area contributed by atoms with E-state index in [0.717, 1.165) is 56.1 Å². The van der Waals surface area contributed by atoms with E-state index in [4.69, 9.17) is 0 Å². The molecule has 1 aliphatic rings. The van der Waals surface area contributed by atoms with Crippen LogP contribution in [0.3, 0.4) is 0 Å². The first-order chi connectivity index (χ1) is 15.2. The molecule has 1 aromatic carbocycles. The van der Waals surface area contributed by atoms with E-state index in [0.29, 0.717) is 0 Å². The van der Waals surface area contributed by atoms with E-state index in [1.807, 2.05) is 24.3 Å². The molecule has 160 valence electrons. The fourth-order valence-electron chi connectivity index (χ4n) is 3.91. The molecular weight excluding hydrogens is 426 g/mol. The van der Waals surface area contributed by atoms with Crippen molar-refractivity contribution in [1.29, 1.82) is 5.26 Å². The number of nitrogens with one attached hydrogen (secondary N) is 1. The summed E-state index contributed by atoms with van der Waals surface area (Å²) in [6, 6.07) is 16.8. The van der Waals surface area contributed by atoms with E-state index in [1.54, 1.807) is 11.3 Å². The molecule has 0 unspecified atom stereocenters. The van der Waals surface area contributed by atoms with Gasteiger partial charge in [-0.15, -0.1) is 21.5 Å². The van der Waals surface area contributed by atoms with Crippen molar-refractivity contribution in [2.45, 2.75) is 55.8 Å². The number of thioether (sulfide) groups is 1. The van der Waals surface area contributed by atoms with Crippen molar-refractivity contribution >= 4 is 29.0 Å². The maximum absolute atomic E-state index is 12.6. The van der Waals surface area contributed by atoms with E-state index < -0.39 is 5.54 Å². The largest absolute Gasteiger partial charge is 0.337 e. The lowest BCUT2D eigenvalue weighted by atomic mass is 10.0. The van der Waals surface area contributed by atoms with Crippen molar-refractivity contribution in [3.63, 3.8) is 0 Å². The summed E-state index contributed by atoms with van der Waals surface area (Å²) in [6.45, 7) is 0.754. The van der Waals surface area contributed by atoms with Gasteiger partial charge in [0, 0.05) is 17.8 Å². The molecule has 1 fully saturated rings. The van der Waals surface area contributed by atoms with E-state index in [2.05, 4.69) is 49.7 Å². The Kier molecular flexibility index (Phi) is 7.05. The number of aromatic nitrogens is 3. The molecular formula is C23H25N5OS2. The molecule has 0 atom stereocenters. The molecule has 31 heavy (non-hydrogen) atoms. The molecule has 1 N–H and O–H groups in total. The fourth-order valence-corrected chi connectivity index (χ4v) is 5.40. The van der Waals surface area contributed by atoms with Crippen molar-refractivity contribution < 1.29 is 4.79 Å². The van der Waals surface area contributed by atoms with Gasteiger partial charge < -0.3 is 9.88 Å². The second-order valence-corrected chi connectivity index (χ2v) is 9.75. The van der Waals surface area contributed by atoms with Gasteiger partial charge in [-0.1, -0.05) is 48.2 Å². The Hall–Kier alpha value is -2.63. The third kappa shape index (κ3) is 5.54. The molecule has 2 aromatic heterocycles. The zero-order valence-electron chi connectivity index (χ0n) is 17.3. The molecule has 6 nitrogen and oxygen atoms in total. The average molecular weight is 452 g/mol. The minimum absolute atomic E-state index is 0.120. The first kappa shape index (κ1) is 21.6. The molecule has 2 heterocycles. The number of carbonyl (C=O) groups excluding carboxylic acids is 1. The molecule has 8 heteroatoms.